The number of nitrogens with one attached hydrogen (secondary N) is 1. The van der Waals surface area contributed by atoms with Crippen LogP contribution in [-0.4, -0.2) is 38.0 Å². The van der Waals surface area contributed by atoms with E-state index in [2.05, 4.69) is 22.3 Å². The molecular formula is C17H26N2O. The average Bonchev–Trinajstić information content (AvgIpc) is 2.97. The Morgan fingerprint density at radius 3 is 2.45 bits per heavy atom. The molecule has 3 nitrogen and oxygen atoms in total. The molecule has 3 heteroatoms. The summed E-state index contributed by atoms with van der Waals surface area (Å²) in [4.78, 5) is 14.1. The van der Waals surface area contributed by atoms with Gasteiger partial charge in [-0.1, -0.05) is 25.0 Å². The Morgan fingerprint density at radius 1 is 1.20 bits per heavy atom. The van der Waals surface area contributed by atoms with Crippen molar-refractivity contribution in [2.75, 3.05) is 27.2 Å². The maximum Gasteiger partial charge on any atom is 0.251 e. The van der Waals surface area contributed by atoms with Crippen LogP contribution < -0.4 is 5.32 Å². The van der Waals surface area contributed by atoms with Gasteiger partial charge in [0.2, 0.25) is 0 Å². The van der Waals surface area contributed by atoms with E-state index in [4.69, 9.17) is 0 Å². The van der Waals surface area contributed by atoms with E-state index in [1.807, 2.05) is 26.2 Å². The largest absolute Gasteiger partial charge is 0.352 e. The van der Waals surface area contributed by atoms with Crippen molar-refractivity contribution in [2.24, 2.45) is 0 Å². The van der Waals surface area contributed by atoms with E-state index in [0.717, 1.165) is 25.1 Å². The number of carbonyl (C=O) groups excluding carboxylic acids is 1. The molecule has 0 heterocycles. The number of carbonyl (C=O) groups is 1. The van der Waals surface area contributed by atoms with Crippen molar-refractivity contribution in [1.29, 1.82) is 0 Å². The Kier molecular flexibility index (Phi) is 5.60. The normalized spacial score (nSPS) is 15.8. The van der Waals surface area contributed by atoms with Gasteiger partial charge >= 0.3 is 0 Å². The number of rotatable bonds is 6. The van der Waals surface area contributed by atoms with Crippen LogP contribution in [0.4, 0.5) is 0 Å². The molecule has 1 aliphatic rings. The molecule has 2 rings (SSSR count). The number of hydrogen-bond acceptors (Lipinski definition) is 2. The molecule has 1 saturated carbocycles. The predicted octanol–water partition coefficient (Wildman–Crippen LogP) is 3.03. The summed E-state index contributed by atoms with van der Waals surface area (Å²) in [6, 6.07) is 8.19. The van der Waals surface area contributed by atoms with Crippen LogP contribution in [0.25, 0.3) is 0 Å². The van der Waals surface area contributed by atoms with Gasteiger partial charge < -0.3 is 10.2 Å². The van der Waals surface area contributed by atoms with E-state index in [1.165, 1.54) is 31.2 Å². The van der Waals surface area contributed by atoms with Crippen molar-refractivity contribution in [2.45, 2.75) is 38.0 Å². The van der Waals surface area contributed by atoms with E-state index < -0.39 is 0 Å². The first-order chi connectivity index (χ1) is 9.66. The Hall–Kier alpha value is -1.35. The molecule has 0 radical (unpaired) electrons. The van der Waals surface area contributed by atoms with E-state index in [-0.39, 0.29) is 5.91 Å². The fourth-order valence-corrected chi connectivity index (χ4v) is 2.87. The molecule has 0 atom stereocenters. The van der Waals surface area contributed by atoms with E-state index in [0.29, 0.717) is 5.92 Å². The van der Waals surface area contributed by atoms with Gasteiger partial charge in [-0.05, 0) is 63.5 Å². The SMILES string of the molecule is CN(C)CCCNC(=O)c1ccc(C2CCCC2)cc1. The molecule has 1 aromatic rings. The molecule has 1 N–H and O–H groups in total. The van der Waals surface area contributed by atoms with Crippen molar-refractivity contribution in [3.05, 3.63) is 35.4 Å². The summed E-state index contributed by atoms with van der Waals surface area (Å²) < 4.78 is 0. The first-order valence-corrected chi connectivity index (χ1v) is 7.69. The van der Waals surface area contributed by atoms with Gasteiger partial charge in [-0.25, -0.2) is 0 Å². The Labute approximate surface area is 122 Å². The van der Waals surface area contributed by atoms with Gasteiger partial charge in [0.05, 0.1) is 0 Å². The van der Waals surface area contributed by atoms with Crippen LogP contribution in [-0.2, 0) is 0 Å². The summed E-state index contributed by atoms with van der Waals surface area (Å²) in [5.41, 5.74) is 2.17. The van der Waals surface area contributed by atoms with Crippen molar-refractivity contribution < 1.29 is 4.79 Å². The smallest absolute Gasteiger partial charge is 0.251 e. The van der Waals surface area contributed by atoms with Crippen LogP contribution in [0.15, 0.2) is 24.3 Å². The molecule has 0 unspecified atom stereocenters. The Bertz CT molecular complexity index is 419. The highest BCUT2D eigenvalue weighted by atomic mass is 16.1. The highest BCUT2D eigenvalue weighted by molar-refractivity contribution is 5.94. The highest BCUT2D eigenvalue weighted by Gasteiger charge is 2.17. The molecule has 1 aliphatic carbocycles. The molecular weight excluding hydrogens is 248 g/mol. The summed E-state index contributed by atoms with van der Waals surface area (Å²) in [7, 11) is 4.09. The van der Waals surface area contributed by atoms with Crippen molar-refractivity contribution in [1.82, 2.24) is 10.2 Å². The number of amides is 1. The van der Waals surface area contributed by atoms with Gasteiger partial charge in [-0.2, -0.15) is 0 Å². The molecule has 0 aliphatic heterocycles. The quantitative estimate of drug-likeness (QED) is 0.809. The van der Waals surface area contributed by atoms with Crippen LogP contribution >= 0.6 is 0 Å². The lowest BCUT2D eigenvalue weighted by atomic mass is 9.96. The van der Waals surface area contributed by atoms with Gasteiger partial charge in [-0.15, -0.1) is 0 Å². The minimum absolute atomic E-state index is 0.0433. The third kappa shape index (κ3) is 4.34. The van der Waals surface area contributed by atoms with Gasteiger partial charge in [0, 0.05) is 12.1 Å². The molecule has 0 bridgehead atoms. The third-order valence-corrected chi connectivity index (χ3v) is 4.07. The lowest BCUT2D eigenvalue weighted by Crippen LogP contribution is -2.27. The number of nitrogens with zero attached hydrogens (tertiary/aromatic N) is 1. The second kappa shape index (κ2) is 7.44. The zero-order chi connectivity index (χ0) is 14.4. The number of benzene rings is 1. The van der Waals surface area contributed by atoms with E-state index in [1.54, 1.807) is 0 Å². The summed E-state index contributed by atoms with van der Waals surface area (Å²) in [6.45, 7) is 1.74. The predicted molar refractivity (Wildman–Crippen MR) is 83.2 cm³/mol. The minimum Gasteiger partial charge on any atom is -0.352 e. The maximum absolute atomic E-state index is 12.0. The van der Waals surface area contributed by atoms with Crippen LogP contribution in [0.1, 0.15) is 53.9 Å². The zero-order valence-corrected chi connectivity index (χ0v) is 12.7. The van der Waals surface area contributed by atoms with Crippen LogP contribution in [0.3, 0.4) is 0 Å². The Morgan fingerprint density at radius 2 is 1.85 bits per heavy atom. The van der Waals surface area contributed by atoms with E-state index >= 15 is 0 Å². The summed E-state index contributed by atoms with van der Waals surface area (Å²) >= 11 is 0. The lowest BCUT2D eigenvalue weighted by Gasteiger charge is -2.11. The minimum atomic E-state index is 0.0433. The standard InChI is InChI=1S/C17H26N2O/c1-19(2)13-5-12-18-17(20)16-10-8-15(9-11-16)14-6-3-4-7-14/h8-11,14H,3-7,12-13H2,1-2H3,(H,18,20). The second-order valence-corrected chi connectivity index (χ2v) is 6.02. The Balaban J connectivity index is 1.81. The van der Waals surface area contributed by atoms with Crippen molar-refractivity contribution in [3.8, 4) is 0 Å². The highest BCUT2D eigenvalue weighted by Crippen LogP contribution is 2.33. The lowest BCUT2D eigenvalue weighted by molar-refractivity contribution is 0.0952. The first-order valence-electron chi connectivity index (χ1n) is 7.69. The van der Waals surface area contributed by atoms with Crippen LogP contribution in [0.5, 0.6) is 0 Å². The van der Waals surface area contributed by atoms with Gasteiger partial charge in [0.1, 0.15) is 0 Å². The molecule has 0 spiro atoms. The second-order valence-electron chi connectivity index (χ2n) is 6.02. The third-order valence-electron chi connectivity index (χ3n) is 4.07. The van der Waals surface area contributed by atoms with Gasteiger partial charge in [-0.3, -0.25) is 4.79 Å². The maximum atomic E-state index is 12.0. The zero-order valence-electron chi connectivity index (χ0n) is 12.7. The van der Waals surface area contributed by atoms with Crippen molar-refractivity contribution >= 4 is 5.91 Å². The summed E-state index contributed by atoms with van der Waals surface area (Å²) in [5.74, 6) is 0.758. The van der Waals surface area contributed by atoms with Crippen LogP contribution in [0, 0.1) is 0 Å². The fraction of sp³-hybridized carbons (Fsp3) is 0.588. The molecule has 20 heavy (non-hydrogen) atoms. The average molecular weight is 274 g/mol. The molecule has 0 aromatic heterocycles. The molecule has 110 valence electrons. The molecule has 1 fully saturated rings. The molecule has 1 aromatic carbocycles. The van der Waals surface area contributed by atoms with Gasteiger partial charge in [0.15, 0.2) is 0 Å². The fourth-order valence-electron chi connectivity index (χ4n) is 2.87. The topological polar surface area (TPSA) is 32.3 Å². The van der Waals surface area contributed by atoms with Crippen molar-refractivity contribution in [3.63, 3.8) is 0 Å². The molecule has 1 amide bonds. The van der Waals surface area contributed by atoms with Crippen LogP contribution in [0.2, 0.25) is 0 Å². The number of hydrogen-bond donors (Lipinski definition) is 1. The monoisotopic (exact) mass is 274 g/mol. The summed E-state index contributed by atoms with van der Waals surface area (Å²) in [6.07, 6.45) is 6.28. The first kappa shape index (κ1) is 15.0. The summed E-state index contributed by atoms with van der Waals surface area (Å²) in [5, 5.41) is 2.98. The van der Waals surface area contributed by atoms with Gasteiger partial charge in [0.25, 0.3) is 5.91 Å². The van der Waals surface area contributed by atoms with E-state index in [9.17, 15) is 4.79 Å². The molecule has 0 saturated heterocycles.